The molecule has 2 atom stereocenters. The Morgan fingerprint density at radius 2 is 1.83 bits per heavy atom. The molecule has 0 aromatic heterocycles. The summed E-state index contributed by atoms with van der Waals surface area (Å²) in [6, 6.07) is 0. The van der Waals surface area contributed by atoms with Crippen LogP contribution in [0.1, 0.15) is 38.5 Å². The second-order valence-electron chi connectivity index (χ2n) is 4.86. The molecule has 104 valence electrons. The van der Waals surface area contributed by atoms with Crippen LogP contribution in [-0.4, -0.2) is 13.9 Å². The van der Waals surface area contributed by atoms with Gasteiger partial charge in [0.2, 0.25) is 0 Å². The van der Waals surface area contributed by atoms with E-state index in [-0.39, 0.29) is 18.1 Å². The third kappa shape index (κ3) is 2.81. The average molecular weight is 284 g/mol. The SMILES string of the molecule is O=S(=O)(OC1=CC2CCCCC2CC1)C(F)(F)F. The highest BCUT2D eigenvalue weighted by Crippen LogP contribution is 2.40. The van der Waals surface area contributed by atoms with Crippen molar-refractivity contribution >= 4 is 10.1 Å². The average Bonchev–Trinajstić information content (AvgIpc) is 2.27. The minimum atomic E-state index is -5.50. The molecule has 2 rings (SSSR count). The molecule has 0 saturated heterocycles. The molecule has 2 aliphatic rings. The van der Waals surface area contributed by atoms with Crippen LogP contribution in [0, 0.1) is 11.8 Å². The number of alkyl halides is 3. The molecule has 7 heteroatoms. The van der Waals surface area contributed by atoms with E-state index < -0.39 is 15.6 Å². The van der Waals surface area contributed by atoms with Crippen molar-refractivity contribution in [1.82, 2.24) is 0 Å². The van der Waals surface area contributed by atoms with E-state index >= 15 is 0 Å². The van der Waals surface area contributed by atoms with Gasteiger partial charge >= 0.3 is 15.6 Å². The minimum absolute atomic E-state index is 0.0459. The van der Waals surface area contributed by atoms with Crippen molar-refractivity contribution in [2.45, 2.75) is 44.0 Å². The molecule has 1 saturated carbocycles. The van der Waals surface area contributed by atoms with Crippen molar-refractivity contribution in [2.75, 3.05) is 0 Å². The Kier molecular flexibility index (Phi) is 3.62. The van der Waals surface area contributed by atoms with Gasteiger partial charge in [0.15, 0.2) is 0 Å². The number of hydrogen-bond acceptors (Lipinski definition) is 3. The van der Waals surface area contributed by atoms with Crippen molar-refractivity contribution < 1.29 is 25.8 Å². The lowest BCUT2D eigenvalue weighted by Gasteiger charge is -2.33. The summed E-state index contributed by atoms with van der Waals surface area (Å²) in [7, 11) is -5.50. The third-order valence-corrected chi connectivity index (χ3v) is 4.63. The second kappa shape index (κ2) is 4.75. The van der Waals surface area contributed by atoms with Gasteiger partial charge in [0.25, 0.3) is 0 Å². The molecule has 0 aromatic carbocycles. The Labute approximate surface area is 104 Å². The lowest BCUT2D eigenvalue weighted by molar-refractivity contribution is -0.0525. The van der Waals surface area contributed by atoms with E-state index in [2.05, 4.69) is 4.18 Å². The summed E-state index contributed by atoms with van der Waals surface area (Å²) < 4.78 is 62.5. The minimum Gasteiger partial charge on any atom is -0.381 e. The topological polar surface area (TPSA) is 43.4 Å². The molecule has 1 fully saturated rings. The molecule has 0 bridgehead atoms. The fourth-order valence-corrected chi connectivity index (χ4v) is 3.24. The Morgan fingerprint density at radius 1 is 1.17 bits per heavy atom. The zero-order valence-corrected chi connectivity index (χ0v) is 10.6. The Bertz CT molecular complexity index is 439. The van der Waals surface area contributed by atoms with E-state index in [1.165, 1.54) is 0 Å². The van der Waals surface area contributed by atoms with Gasteiger partial charge in [-0.25, -0.2) is 0 Å². The quantitative estimate of drug-likeness (QED) is 0.577. The number of halogens is 3. The number of fused-ring (bicyclic) bond motifs is 1. The molecule has 2 unspecified atom stereocenters. The lowest BCUT2D eigenvalue weighted by Crippen LogP contribution is -2.28. The second-order valence-corrected chi connectivity index (χ2v) is 6.40. The molecule has 18 heavy (non-hydrogen) atoms. The first kappa shape index (κ1) is 13.7. The van der Waals surface area contributed by atoms with Crippen LogP contribution in [-0.2, 0) is 14.3 Å². The van der Waals surface area contributed by atoms with Crippen LogP contribution in [0.4, 0.5) is 13.2 Å². The molecule has 0 radical (unpaired) electrons. The van der Waals surface area contributed by atoms with E-state index in [1.54, 1.807) is 6.08 Å². The Balaban J connectivity index is 2.09. The van der Waals surface area contributed by atoms with Crippen molar-refractivity contribution in [2.24, 2.45) is 11.8 Å². The lowest BCUT2D eigenvalue weighted by atomic mass is 9.74. The van der Waals surface area contributed by atoms with E-state index in [0.29, 0.717) is 12.3 Å². The summed E-state index contributed by atoms with van der Waals surface area (Å²) in [6.45, 7) is 0. The molecule has 0 aromatic rings. The first-order valence-electron chi connectivity index (χ1n) is 6.01. The maximum absolute atomic E-state index is 12.2. The molecule has 0 N–H and O–H groups in total. The van der Waals surface area contributed by atoms with Crippen molar-refractivity contribution in [3.63, 3.8) is 0 Å². The highest BCUT2D eigenvalue weighted by Gasteiger charge is 2.49. The predicted octanol–water partition coefficient (Wildman–Crippen LogP) is 3.34. The molecular formula is C11H15F3O3S. The van der Waals surface area contributed by atoms with Crippen molar-refractivity contribution in [3.8, 4) is 0 Å². The maximum Gasteiger partial charge on any atom is 0.534 e. The van der Waals surface area contributed by atoms with Gasteiger partial charge in [0.1, 0.15) is 5.76 Å². The zero-order chi connectivity index (χ0) is 13.4. The summed E-state index contributed by atoms with van der Waals surface area (Å²) in [5.41, 5.74) is -5.35. The molecule has 3 nitrogen and oxygen atoms in total. The van der Waals surface area contributed by atoms with Crippen molar-refractivity contribution in [3.05, 3.63) is 11.8 Å². The number of allylic oxidation sites excluding steroid dienone is 2. The highest BCUT2D eigenvalue weighted by atomic mass is 32.2. The summed E-state index contributed by atoms with van der Waals surface area (Å²) in [5.74, 6) is 0.598. The van der Waals surface area contributed by atoms with Gasteiger partial charge in [0, 0.05) is 6.42 Å². The molecule has 0 aliphatic heterocycles. The van der Waals surface area contributed by atoms with Crippen LogP contribution in [0.5, 0.6) is 0 Å². The number of rotatable bonds is 2. The Morgan fingerprint density at radius 3 is 2.50 bits per heavy atom. The smallest absolute Gasteiger partial charge is 0.381 e. The third-order valence-electron chi connectivity index (χ3n) is 3.63. The first-order chi connectivity index (χ1) is 8.29. The summed E-state index contributed by atoms with van der Waals surface area (Å²) in [6.07, 6.45) is 6.73. The van der Waals surface area contributed by atoms with Crippen LogP contribution < -0.4 is 0 Å². The summed E-state index contributed by atoms with van der Waals surface area (Å²) in [4.78, 5) is 0. The van der Waals surface area contributed by atoms with Crippen LogP contribution in [0.3, 0.4) is 0 Å². The Hall–Kier alpha value is -0.720. The normalized spacial score (nSPS) is 29.4. The van der Waals surface area contributed by atoms with Crippen LogP contribution in [0.15, 0.2) is 11.8 Å². The van der Waals surface area contributed by atoms with Crippen LogP contribution >= 0.6 is 0 Å². The molecular weight excluding hydrogens is 269 g/mol. The number of hydrogen-bond donors (Lipinski definition) is 0. The fraction of sp³-hybridized carbons (Fsp3) is 0.818. The van der Waals surface area contributed by atoms with E-state index in [4.69, 9.17) is 0 Å². The summed E-state index contributed by atoms with van der Waals surface area (Å²) in [5, 5.41) is 0. The van der Waals surface area contributed by atoms with E-state index in [1.807, 2.05) is 0 Å². The molecule has 2 aliphatic carbocycles. The molecule has 0 heterocycles. The van der Waals surface area contributed by atoms with Gasteiger partial charge in [-0.1, -0.05) is 12.8 Å². The van der Waals surface area contributed by atoms with Gasteiger partial charge in [-0.05, 0) is 37.2 Å². The monoisotopic (exact) mass is 284 g/mol. The van der Waals surface area contributed by atoms with Gasteiger partial charge in [-0.15, -0.1) is 0 Å². The first-order valence-corrected chi connectivity index (χ1v) is 7.42. The van der Waals surface area contributed by atoms with E-state index in [9.17, 15) is 21.6 Å². The highest BCUT2D eigenvalue weighted by molar-refractivity contribution is 7.87. The molecule has 0 spiro atoms. The van der Waals surface area contributed by atoms with E-state index in [0.717, 1.165) is 25.7 Å². The zero-order valence-electron chi connectivity index (χ0n) is 9.74. The standard InChI is InChI=1S/C11H15F3O3S/c12-11(13,14)18(15,16)17-10-6-5-8-3-1-2-4-9(8)7-10/h7-9H,1-6H2. The van der Waals surface area contributed by atoms with Crippen LogP contribution in [0.2, 0.25) is 0 Å². The van der Waals surface area contributed by atoms with Gasteiger partial charge in [0.05, 0.1) is 0 Å². The fourth-order valence-electron chi connectivity index (χ4n) is 2.72. The van der Waals surface area contributed by atoms with Gasteiger partial charge in [-0.3, -0.25) is 0 Å². The summed E-state index contributed by atoms with van der Waals surface area (Å²) >= 11 is 0. The molecule has 0 amide bonds. The van der Waals surface area contributed by atoms with Gasteiger partial charge < -0.3 is 4.18 Å². The maximum atomic E-state index is 12.2. The largest absolute Gasteiger partial charge is 0.534 e. The van der Waals surface area contributed by atoms with Gasteiger partial charge in [-0.2, -0.15) is 21.6 Å². The predicted molar refractivity (Wildman–Crippen MR) is 58.8 cm³/mol. The van der Waals surface area contributed by atoms with Crippen molar-refractivity contribution in [1.29, 1.82) is 0 Å². The van der Waals surface area contributed by atoms with Crippen LogP contribution in [0.25, 0.3) is 0 Å².